The number of nitrogens with one attached hydrogen (secondary N) is 1. The zero-order chi connectivity index (χ0) is 18.5. The molecule has 1 aromatic carbocycles. The molecule has 0 aliphatic carbocycles. The molecule has 1 amide bonds. The predicted octanol–water partition coefficient (Wildman–Crippen LogP) is 3.37. The molecule has 1 saturated heterocycles. The van der Waals surface area contributed by atoms with Gasteiger partial charge in [0.25, 0.3) is 5.91 Å². The fraction of sp³-hybridized carbons (Fsp3) is 0.316. The van der Waals surface area contributed by atoms with Gasteiger partial charge in [0.2, 0.25) is 0 Å². The summed E-state index contributed by atoms with van der Waals surface area (Å²) < 4.78 is 6.41. The van der Waals surface area contributed by atoms with Crippen LogP contribution in [0.5, 0.6) is 0 Å². The number of hydrogen-bond acceptors (Lipinski definition) is 7. The lowest BCUT2D eigenvalue weighted by Gasteiger charge is -2.26. The Kier molecular flexibility index (Phi) is 5.98. The summed E-state index contributed by atoms with van der Waals surface area (Å²) in [5.74, 6) is 0.788. The number of fused-ring (bicyclic) bond motifs is 1. The van der Waals surface area contributed by atoms with Gasteiger partial charge in [0.1, 0.15) is 0 Å². The van der Waals surface area contributed by atoms with E-state index in [9.17, 15) is 4.79 Å². The molecule has 2 aromatic heterocycles. The Morgan fingerprint density at radius 2 is 2.07 bits per heavy atom. The number of thioether (sulfide) groups is 1. The maximum absolute atomic E-state index is 12.4. The number of carbonyl (C=O) groups excluding carboxylic acids is 1. The average Bonchev–Trinajstić information content (AvgIpc) is 3.11. The first kappa shape index (κ1) is 18.4. The normalized spacial score (nSPS) is 15.1. The summed E-state index contributed by atoms with van der Waals surface area (Å²) in [6, 6.07) is 11.5. The molecule has 6 nitrogen and oxygen atoms in total. The Bertz CT molecular complexity index is 874. The first-order valence-electron chi connectivity index (χ1n) is 8.84. The number of carbonyl (C=O) groups is 1. The van der Waals surface area contributed by atoms with Gasteiger partial charge in [-0.3, -0.25) is 15.0 Å². The molecule has 3 aromatic rings. The van der Waals surface area contributed by atoms with E-state index in [-0.39, 0.29) is 5.91 Å². The van der Waals surface area contributed by atoms with Crippen LogP contribution in [0.3, 0.4) is 0 Å². The summed E-state index contributed by atoms with van der Waals surface area (Å²) in [7, 11) is 0. The second-order valence-corrected chi connectivity index (χ2v) is 8.27. The number of anilines is 1. The largest absolute Gasteiger partial charge is 0.379 e. The zero-order valence-electron chi connectivity index (χ0n) is 14.8. The number of hydrogen-bond donors (Lipinski definition) is 1. The van der Waals surface area contributed by atoms with Gasteiger partial charge in [0.15, 0.2) is 5.13 Å². The standard InChI is InChI=1S/C19H20N4O2S2/c24-18(22-19-21-15-3-1-2-4-16(15)27-19)14-5-6-17(20-13-14)26-12-9-23-7-10-25-11-8-23/h1-6,13H,7-12H2,(H,21,22,24). The fourth-order valence-electron chi connectivity index (χ4n) is 2.80. The molecular formula is C19H20N4O2S2. The van der Waals surface area contributed by atoms with E-state index in [1.165, 1.54) is 11.3 Å². The lowest BCUT2D eigenvalue weighted by Crippen LogP contribution is -2.37. The average molecular weight is 401 g/mol. The molecule has 0 spiro atoms. The quantitative estimate of drug-likeness (QED) is 0.640. The van der Waals surface area contributed by atoms with Crippen molar-refractivity contribution >= 4 is 44.4 Å². The summed E-state index contributed by atoms with van der Waals surface area (Å²) in [5.41, 5.74) is 1.43. The van der Waals surface area contributed by atoms with Crippen LogP contribution in [0.25, 0.3) is 10.2 Å². The number of pyridine rings is 1. The van der Waals surface area contributed by atoms with Gasteiger partial charge < -0.3 is 4.74 Å². The lowest BCUT2D eigenvalue weighted by molar-refractivity contribution is 0.0410. The van der Waals surface area contributed by atoms with E-state index in [0.29, 0.717) is 10.7 Å². The molecule has 3 heterocycles. The number of rotatable bonds is 6. The van der Waals surface area contributed by atoms with Crippen LogP contribution in [0.4, 0.5) is 5.13 Å². The third-order valence-electron chi connectivity index (χ3n) is 4.27. The maximum atomic E-state index is 12.4. The molecule has 1 aliphatic rings. The minimum absolute atomic E-state index is 0.188. The van der Waals surface area contributed by atoms with E-state index < -0.39 is 0 Å². The molecule has 8 heteroatoms. The smallest absolute Gasteiger partial charge is 0.259 e. The Hall–Kier alpha value is -2.00. The summed E-state index contributed by atoms with van der Waals surface area (Å²) in [6.45, 7) is 4.66. The highest BCUT2D eigenvalue weighted by Gasteiger charge is 2.12. The van der Waals surface area contributed by atoms with Crippen LogP contribution in [0.1, 0.15) is 10.4 Å². The minimum Gasteiger partial charge on any atom is -0.379 e. The Labute approximate surface area is 166 Å². The maximum Gasteiger partial charge on any atom is 0.259 e. The van der Waals surface area contributed by atoms with Crippen LogP contribution in [0.15, 0.2) is 47.6 Å². The number of morpholine rings is 1. The molecule has 27 heavy (non-hydrogen) atoms. The minimum atomic E-state index is -0.188. The van der Waals surface area contributed by atoms with Gasteiger partial charge in [-0.1, -0.05) is 23.5 Å². The molecule has 0 unspecified atom stereocenters. The predicted molar refractivity (Wildman–Crippen MR) is 110 cm³/mol. The van der Waals surface area contributed by atoms with Gasteiger partial charge in [0.05, 0.1) is 34.0 Å². The van der Waals surface area contributed by atoms with Gasteiger partial charge in [-0.2, -0.15) is 0 Å². The summed E-state index contributed by atoms with van der Waals surface area (Å²) in [4.78, 5) is 23.6. The van der Waals surface area contributed by atoms with Crippen molar-refractivity contribution in [2.24, 2.45) is 0 Å². The van der Waals surface area contributed by atoms with E-state index in [4.69, 9.17) is 4.74 Å². The SMILES string of the molecule is O=C(Nc1nc2ccccc2s1)c1ccc(SCCN2CCOCC2)nc1. The van der Waals surface area contributed by atoms with Crippen molar-refractivity contribution in [2.75, 3.05) is 43.9 Å². The highest BCUT2D eigenvalue weighted by atomic mass is 32.2. The Morgan fingerprint density at radius 1 is 1.22 bits per heavy atom. The van der Waals surface area contributed by atoms with E-state index in [0.717, 1.165) is 53.8 Å². The van der Waals surface area contributed by atoms with Gasteiger partial charge in [0, 0.05) is 31.6 Å². The molecule has 4 rings (SSSR count). The number of benzene rings is 1. The molecule has 0 atom stereocenters. The highest BCUT2D eigenvalue weighted by Crippen LogP contribution is 2.25. The number of ether oxygens (including phenoxy) is 1. The van der Waals surface area contributed by atoms with Gasteiger partial charge in [-0.05, 0) is 24.3 Å². The van der Waals surface area contributed by atoms with Crippen LogP contribution in [-0.2, 0) is 4.74 Å². The third-order valence-corrected chi connectivity index (χ3v) is 6.15. The Balaban J connectivity index is 1.30. The summed E-state index contributed by atoms with van der Waals surface area (Å²) in [5, 5.41) is 4.39. The van der Waals surface area contributed by atoms with Crippen molar-refractivity contribution in [3.63, 3.8) is 0 Å². The number of aromatic nitrogens is 2. The summed E-state index contributed by atoms with van der Waals surface area (Å²) >= 11 is 3.17. The molecule has 1 N–H and O–H groups in total. The van der Waals surface area contributed by atoms with E-state index in [1.54, 1.807) is 18.0 Å². The number of para-hydroxylation sites is 1. The molecule has 0 saturated carbocycles. The molecule has 140 valence electrons. The zero-order valence-corrected chi connectivity index (χ0v) is 16.4. The molecule has 1 fully saturated rings. The van der Waals surface area contributed by atoms with Crippen molar-refractivity contribution in [3.05, 3.63) is 48.2 Å². The van der Waals surface area contributed by atoms with Crippen molar-refractivity contribution in [1.82, 2.24) is 14.9 Å². The lowest BCUT2D eigenvalue weighted by atomic mass is 10.3. The highest BCUT2D eigenvalue weighted by molar-refractivity contribution is 7.99. The van der Waals surface area contributed by atoms with E-state index >= 15 is 0 Å². The van der Waals surface area contributed by atoms with Gasteiger partial charge >= 0.3 is 0 Å². The van der Waals surface area contributed by atoms with Crippen LogP contribution in [0.2, 0.25) is 0 Å². The van der Waals surface area contributed by atoms with Crippen LogP contribution in [-0.4, -0.2) is 59.4 Å². The first-order chi connectivity index (χ1) is 13.3. The van der Waals surface area contributed by atoms with Crippen LogP contribution < -0.4 is 5.32 Å². The van der Waals surface area contributed by atoms with Crippen molar-refractivity contribution in [2.45, 2.75) is 5.03 Å². The first-order valence-corrected chi connectivity index (χ1v) is 10.6. The van der Waals surface area contributed by atoms with E-state index in [1.807, 2.05) is 36.4 Å². The number of amides is 1. The summed E-state index contributed by atoms with van der Waals surface area (Å²) in [6.07, 6.45) is 1.62. The van der Waals surface area contributed by atoms with Crippen LogP contribution in [0, 0.1) is 0 Å². The third kappa shape index (κ3) is 4.84. The van der Waals surface area contributed by atoms with Gasteiger partial charge in [-0.25, -0.2) is 9.97 Å². The van der Waals surface area contributed by atoms with Crippen LogP contribution >= 0.6 is 23.1 Å². The molecular weight excluding hydrogens is 380 g/mol. The second-order valence-electron chi connectivity index (χ2n) is 6.13. The van der Waals surface area contributed by atoms with Crippen molar-refractivity contribution < 1.29 is 9.53 Å². The second kappa shape index (κ2) is 8.79. The molecule has 1 aliphatic heterocycles. The monoisotopic (exact) mass is 400 g/mol. The van der Waals surface area contributed by atoms with E-state index in [2.05, 4.69) is 20.2 Å². The number of thiazole rings is 1. The van der Waals surface area contributed by atoms with Gasteiger partial charge in [-0.15, -0.1) is 11.8 Å². The molecule has 0 bridgehead atoms. The van der Waals surface area contributed by atoms with Crippen molar-refractivity contribution in [1.29, 1.82) is 0 Å². The van der Waals surface area contributed by atoms with Crippen molar-refractivity contribution in [3.8, 4) is 0 Å². The number of nitrogens with zero attached hydrogens (tertiary/aromatic N) is 3. The Morgan fingerprint density at radius 3 is 2.85 bits per heavy atom. The topological polar surface area (TPSA) is 67.4 Å². The fourth-order valence-corrected chi connectivity index (χ4v) is 4.51. The molecule has 0 radical (unpaired) electrons.